The number of hydrogen-bond donors (Lipinski definition) is 0. The number of hydrogen-bond acceptors (Lipinski definition) is 6. The third-order valence-corrected chi connectivity index (χ3v) is 5.57. The fraction of sp³-hybridized carbons (Fsp3) is 0.476. The maximum Gasteiger partial charge on any atom is 0.274 e. The zero-order valence-corrected chi connectivity index (χ0v) is 17.1. The Labute approximate surface area is 170 Å². The summed E-state index contributed by atoms with van der Waals surface area (Å²) in [6.45, 7) is 5.35. The number of likely N-dealkylation sites (tertiary alicyclic amines) is 1. The molecule has 1 aliphatic heterocycles. The summed E-state index contributed by atoms with van der Waals surface area (Å²) in [6.07, 6.45) is 8.97. The lowest BCUT2D eigenvalue weighted by molar-refractivity contribution is 0.0754. The van der Waals surface area contributed by atoms with Crippen molar-refractivity contribution in [1.29, 1.82) is 0 Å². The molecule has 4 rings (SSSR count). The van der Waals surface area contributed by atoms with Crippen LogP contribution in [0.1, 0.15) is 46.9 Å². The first-order chi connectivity index (χ1) is 14.0. The molecule has 4 heterocycles. The average Bonchev–Trinajstić information content (AvgIpc) is 3.20. The van der Waals surface area contributed by atoms with E-state index in [1.165, 1.54) is 0 Å². The monoisotopic (exact) mass is 394 g/mol. The maximum atomic E-state index is 12.7. The molecule has 0 spiro atoms. The lowest BCUT2D eigenvalue weighted by atomic mass is 9.94. The van der Waals surface area contributed by atoms with Crippen LogP contribution < -0.4 is 0 Å². The molecule has 0 radical (unpaired) electrons. The van der Waals surface area contributed by atoms with E-state index in [9.17, 15) is 4.79 Å². The van der Waals surface area contributed by atoms with Crippen LogP contribution in [0.3, 0.4) is 0 Å². The Morgan fingerprint density at radius 3 is 2.79 bits per heavy atom. The van der Waals surface area contributed by atoms with Gasteiger partial charge in [-0.1, -0.05) is 5.16 Å². The van der Waals surface area contributed by atoms with Crippen molar-refractivity contribution in [2.75, 3.05) is 13.1 Å². The molecule has 152 valence electrons. The summed E-state index contributed by atoms with van der Waals surface area (Å²) >= 11 is 0. The van der Waals surface area contributed by atoms with E-state index in [2.05, 4.69) is 20.1 Å². The van der Waals surface area contributed by atoms with Gasteiger partial charge in [0.1, 0.15) is 17.8 Å². The van der Waals surface area contributed by atoms with Crippen molar-refractivity contribution in [2.45, 2.75) is 39.5 Å². The van der Waals surface area contributed by atoms with Crippen molar-refractivity contribution in [1.82, 2.24) is 29.6 Å². The molecule has 29 heavy (non-hydrogen) atoms. The van der Waals surface area contributed by atoms with Gasteiger partial charge in [-0.2, -0.15) is 0 Å². The van der Waals surface area contributed by atoms with Crippen LogP contribution in [-0.4, -0.2) is 48.6 Å². The van der Waals surface area contributed by atoms with Crippen molar-refractivity contribution in [3.05, 3.63) is 47.8 Å². The molecule has 0 aromatic carbocycles. The first-order valence-corrected chi connectivity index (χ1v) is 10.0. The number of aromatic nitrogens is 5. The molecule has 8 nitrogen and oxygen atoms in total. The molecule has 0 aliphatic carbocycles. The van der Waals surface area contributed by atoms with Gasteiger partial charge in [0.25, 0.3) is 5.91 Å². The Kier molecular flexibility index (Phi) is 5.42. The van der Waals surface area contributed by atoms with Gasteiger partial charge in [-0.15, -0.1) is 0 Å². The SMILES string of the molecule is Cc1noc(C)c1-c1cc(CC2CCCN(C(=O)c3cn(C)cn3)CC2)ncn1. The van der Waals surface area contributed by atoms with Crippen molar-refractivity contribution in [3.63, 3.8) is 0 Å². The Morgan fingerprint density at radius 1 is 1.21 bits per heavy atom. The van der Waals surface area contributed by atoms with Crippen LogP contribution in [-0.2, 0) is 13.5 Å². The van der Waals surface area contributed by atoms with Crippen LogP contribution in [0.4, 0.5) is 0 Å². The first kappa shape index (κ1) is 19.3. The van der Waals surface area contributed by atoms with E-state index in [0.29, 0.717) is 11.6 Å². The van der Waals surface area contributed by atoms with Gasteiger partial charge in [0.15, 0.2) is 0 Å². The van der Waals surface area contributed by atoms with Crippen molar-refractivity contribution in [2.24, 2.45) is 13.0 Å². The summed E-state index contributed by atoms with van der Waals surface area (Å²) in [5.41, 5.74) is 4.18. The topological polar surface area (TPSA) is 89.9 Å². The molecule has 3 aromatic heterocycles. The smallest absolute Gasteiger partial charge is 0.274 e. The summed E-state index contributed by atoms with van der Waals surface area (Å²) in [5, 5.41) is 4.02. The van der Waals surface area contributed by atoms with Gasteiger partial charge in [-0.3, -0.25) is 4.79 Å². The summed E-state index contributed by atoms with van der Waals surface area (Å²) in [5.74, 6) is 1.28. The summed E-state index contributed by atoms with van der Waals surface area (Å²) in [6, 6.07) is 2.04. The largest absolute Gasteiger partial charge is 0.361 e. The van der Waals surface area contributed by atoms with Gasteiger partial charge in [0, 0.05) is 32.0 Å². The van der Waals surface area contributed by atoms with E-state index in [1.807, 2.05) is 31.9 Å². The maximum absolute atomic E-state index is 12.7. The van der Waals surface area contributed by atoms with Crippen molar-refractivity contribution >= 4 is 5.91 Å². The van der Waals surface area contributed by atoms with E-state index >= 15 is 0 Å². The first-order valence-electron chi connectivity index (χ1n) is 10.0. The van der Waals surface area contributed by atoms with Crippen LogP contribution in [0.15, 0.2) is 29.4 Å². The van der Waals surface area contributed by atoms with E-state index < -0.39 is 0 Å². The molecule has 0 bridgehead atoms. The molecule has 1 saturated heterocycles. The number of carbonyl (C=O) groups excluding carboxylic acids is 1. The number of amides is 1. The minimum absolute atomic E-state index is 0.0222. The average molecular weight is 394 g/mol. The van der Waals surface area contributed by atoms with Crippen LogP contribution in [0.2, 0.25) is 0 Å². The number of aryl methyl sites for hydroxylation is 3. The lowest BCUT2D eigenvalue weighted by Gasteiger charge is -2.19. The van der Waals surface area contributed by atoms with E-state index in [0.717, 1.165) is 67.2 Å². The highest BCUT2D eigenvalue weighted by Crippen LogP contribution is 2.27. The van der Waals surface area contributed by atoms with E-state index in [4.69, 9.17) is 4.52 Å². The fourth-order valence-electron chi connectivity index (χ4n) is 4.05. The van der Waals surface area contributed by atoms with Crippen LogP contribution in [0.25, 0.3) is 11.3 Å². The number of rotatable bonds is 4. The van der Waals surface area contributed by atoms with Gasteiger partial charge in [-0.05, 0) is 51.5 Å². The zero-order chi connectivity index (χ0) is 20.4. The van der Waals surface area contributed by atoms with Crippen molar-refractivity contribution in [3.8, 4) is 11.3 Å². The van der Waals surface area contributed by atoms with Crippen molar-refractivity contribution < 1.29 is 9.32 Å². The molecule has 0 saturated carbocycles. The third kappa shape index (κ3) is 4.21. The molecular weight excluding hydrogens is 368 g/mol. The highest BCUT2D eigenvalue weighted by molar-refractivity contribution is 5.92. The number of carbonyl (C=O) groups is 1. The Balaban J connectivity index is 1.42. The van der Waals surface area contributed by atoms with Crippen LogP contribution in [0, 0.1) is 19.8 Å². The van der Waals surface area contributed by atoms with E-state index in [1.54, 1.807) is 23.4 Å². The Bertz CT molecular complexity index is 989. The normalized spacial score (nSPS) is 17.3. The third-order valence-electron chi connectivity index (χ3n) is 5.57. The molecule has 1 aliphatic rings. The quantitative estimate of drug-likeness (QED) is 0.676. The molecular formula is C21H26N6O2. The molecule has 8 heteroatoms. The predicted molar refractivity (Wildman–Crippen MR) is 107 cm³/mol. The summed E-state index contributed by atoms with van der Waals surface area (Å²) < 4.78 is 7.08. The molecule has 1 fully saturated rings. The van der Waals surface area contributed by atoms with Gasteiger partial charge >= 0.3 is 0 Å². The second-order valence-corrected chi connectivity index (χ2v) is 7.81. The minimum atomic E-state index is 0.0222. The van der Waals surface area contributed by atoms with E-state index in [-0.39, 0.29) is 5.91 Å². The molecule has 1 unspecified atom stereocenters. The van der Waals surface area contributed by atoms with Gasteiger partial charge in [-0.25, -0.2) is 15.0 Å². The molecule has 3 aromatic rings. The van der Waals surface area contributed by atoms with Crippen LogP contribution >= 0.6 is 0 Å². The molecule has 0 N–H and O–H groups in total. The second-order valence-electron chi connectivity index (χ2n) is 7.81. The summed E-state index contributed by atoms with van der Waals surface area (Å²) in [4.78, 5) is 27.7. The number of imidazole rings is 1. The van der Waals surface area contributed by atoms with Gasteiger partial charge in [0.2, 0.25) is 0 Å². The summed E-state index contributed by atoms with van der Waals surface area (Å²) in [7, 11) is 1.88. The Hall–Kier alpha value is -3.03. The number of nitrogens with zero attached hydrogens (tertiary/aromatic N) is 6. The lowest BCUT2D eigenvalue weighted by Crippen LogP contribution is -2.32. The van der Waals surface area contributed by atoms with Gasteiger partial charge < -0.3 is 14.0 Å². The molecule has 1 atom stereocenters. The minimum Gasteiger partial charge on any atom is -0.361 e. The van der Waals surface area contributed by atoms with Gasteiger partial charge in [0.05, 0.1) is 23.3 Å². The standard InChI is InChI=1S/C21H26N6O2/c1-14-20(15(2)29-25-14)18-10-17(22-12-23-18)9-16-5-4-7-27(8-6-16)21(28)19-11-26(3)13-24-19/h10-13,16H,4-9H2,1-3H3. The predicted octanol–water partition coefficient (Wildman–Crippen LogP) is 2.97. The molecule has 1 amide bonds. The second kappa shape index (κ2) is 8.14. The Morgan fingerprint density at radius 2 is 2.07 bits per heavy atom. The highest BCUT2D eigenvalue weighted by atomic mass is 16.5. The van der Waals surface area contributed by atoms with Crippen LogP contribution in [0.5, 0.6) is 0 Å². The highest BCUT2D eigenvalue weighted by Gasteiger charge is 2.23. The zero-order valence-electron chi connectivity index (χ0n) is 17.1. The fourth-order valence-corrected chi connectivity index (χ4v) is 4.05.